The minimum atomic E-state index is -0.729. The van der Waals surface area contributed by atoms with Crippen molar-refractivity contribution in [1.82, 2.24) is 19.9 Å². The highest BCUT2D eigenvalue weighted by molar-refractivity contribution is 6.32. The van der Waals surface area contributed by atoms with E-state index in [2.05, 4.69) is 20.3 Å². The minimum absolute atomic E-state index is 0.227. The first-order valence-corrected chi connectivity index (χ1v) is 11.4. The van der Waals surface area contributed by atoms with Gasteiger partial charge in [0, 0.05) is 31.4 Å². The Labute approximate surface area is 197 Å². The topological polar surface area (TPSA) is 107 Å². The lowest BCUT2D eigenvalue weighted by molar-refractivity contribution is -0.159. The number of carbonyl (C=O) groups is 2. The minimum Gasteiger partial charge on any atom is -0.458 e. The van der Waals surface area contributed by atoms with Crippen molar-refractivity contribution in [3.8, 4) is 11.4 Å². The molecule has 1 fully saturated rings. The number of esters is 1. The Balaban J connectivity index is 1.55. The van der Waals surface area contributed by atoms with Gasteiger partial charge in [0.2, 0.25) is 5.95 Å². The van der Waals surface area contributed by atoms with Crippen molar-refractivity contribution in [3.63, 3.8) is 0 Å². The lowest BCUT2D eigenvalue weighted by atomic mass is 10.1. The molecular formula is C23H28ClN5O4. The molecule has 1 amide bonds. The van der Waals surface area contributed by atoms with Crippen LogP contribution in [0.2, 0.25) is 5.02 Å². The van der Waals surface area contributed by atoms with Crippen LogP contribution in [0.5, 0.6) is 0 Å². The molecule has 2 aromatic rings. The predicted octanol–water partition coefficient (Wildman–Crippen LogP) is 3.47. The van der Waals surface area contributed by atoms with Gasteiger partial charge in [-0.3, -0.25) is 4.79 Å². The Morgan fingerprint density at radius 1 is 1.24 bits per heavy atom. The predicted molar refractivity (Wildman–Crippen MR) is 123 cm³/mol. The molecule has 0 aromatic carbocycles. The zero-order valence-electron chi connectivity index (χ0n) is 19.2. The van der Waals surface area contributed by atoms with E-state index in [4.69, 9.17) is 21.1 Å². The maximum absolute atomic E-state index is 13.1. The van der Waals surface area contributed by atoms with Gasteiger partial charge in [0.1, 0.15) is 23.0 Å². The number of hydrogen-bond acceptors (Lipinski definition) is 8. The van der Waals surface area contributed by atoms with Crippen molar-refractivity contribution in [1.29, 1.82) is 0 Å². The van der Waals surface area contributed by atoms with E-state index < -0.39 is 17.6 Å². The molecule has 2 aliphatic rings. The van der Waals surface area contributed by atoms with E-state index in [0.29, 0.717) is 35.6 Å². The summed E-state index contributed by atoms with van der Waals surface area (Å²) in [5.41, 5.74) is 1.31. The van der Waals surface area contributed by atoms with Gasteiger partial charge in [-0.15, -0.1) is 0 Å². The maximum atomic E-state index is 13.1. The quantitative estimate of drug-likeness (QED) is 0.658. The number of amides is 1. The number of pyridine rings is 1. The number of hydrogen-bond donors (Lipinski definition) is 1. The summed E-state index contributed by atoms with van der Waals surface area (Å²) in [7, 11) is 0. The van der Waals surface area contributed by atoms with Crippen LogP contribution >= 0.6 is 11.6 Å². The lowest BCUT2D eigenvalue weighted by Gasteiger charge is -2.27. The van der Waals surface area contributed by atoms with E-state index in [1.165, 1.54) is 11.1 Å². The molecule has 1 N–H and O–H groups in total. The van der Waals surface area contributed by atoms with Crippen LogP contribution in [0.25, 0.3) is 11.4 Å². The van der Waals surface area contributed by atoms with Crippen LogP contribution in [0.3, 0.4) is 0 Å². The molecule has 2 aromatic heterocycles. The standard InChI is InChI=1S/C23H28ClN5O4/c1-13(21(31)33-23(2,3)4)29-12-14-5-6-17(27-18(14)20(29)30)19-16(24)11-25-22(28-19)26-15-7-9-32-10-8-15/h5-6,11,13,15H,7-10,12H2,1-4H3,(H,25,26,28)/t13-/m1/s1. The van der Waals surface area contributed by atoms with E-state index in [9.17, 15) is 9.59 Å². The normalized spacial score (nSPS) is 17.6. The number of carbonyl (C=O) groups excluding carboxylic acids is 2. The van der Waals surface area contributed by atoms with E-state index in [0.717, 1.165) is 18.4 Å². The van der Waals surface area contributed by atoms with Crippen LogP contribution in [-0.2, 0) is 20.8 Å². The molecule has 4 heterocycles. The van der Waals surface area contributed by atoms with Gasteiger partial charge in [-0.2, -0.15) is 0 Å². The number of nitrogens with one attached hydrogen (secondary N) is 1. The molecular weight excluding hydrogens is 446 g/mol. The summed E-state index contributed by atoms with van der Waals surface area (Å²) >= 11 is 6.37. The maximum Gasteiger partial charge on any atom is 0.329 e. The number of aromatic nitrogens is 3. The highest BCUT2D eigenvalue weighted by Crippen LogP contribution is 2.30. The van der Waals surface area contributed by atoms with Gasteiger partial charge in [-0.05, 0) is 46.6 Å². The zero-order valence-corrected chi connectivity index (χ0v) is 20.0. The van der Waals surface area contributed by atoms with Crippen LogP contribution in [0.15, 0.2) is 18.3 Å². The fourth-order valence-corrected chi connectivity index (χ4v) is 3.98. The molecule has 0 unspecified atom stereocenters. The highest BCUT2D eigenvalue weighted by Gasteiger charge is 2.37. The summed E-state index contributed by atoms with van der Waals surface area (Å²) in [5.74, 6) is -0.322. The molecule has 0 radical (unpaired) electrons. The van der Waals surface area contributed by atoms with Crippen molar-refractivity contribution >= 4 is 29.4 Å². The second kappa shape index (κ2) is 9.23. The third kappa shape index (κ3) is 5.25. The smallest absolute Gasteiger partial charge is 0.329 e. The second-order valence-corrected chi connectivity index (χ2v) is 9.68. The van der Waals surface area contributed by atoms with Gasteiger partial charge in [0.15, 0.2) is 0 Å². The molecule has 0 bridgehead atoms. The molecule has 1 atom stereocenters. The molecule has 33 heavy (non-hydrogen) atoms. The van der Waals surface area contributed by atoms with Crippen molar-refractivity contribution in [2.75, 3.05) is 18.5 Å². The number of fused-ring (bicyclic) bond motifs is 1. The zero-order chi connectivity index (χ0) is 23.8. The summed E-state index contributed by atoms with van der Waals surface area (Å²) in [6.07, 6.45) is 3.27. The largest absolute Gasteiger partial charge is 0.458 e. The van der Waals surface area contributed by atoms with Crippen LogP contribution in [0.1, 0.15) is 56.6 Å². The Kier molecular flexibility index (Phi) is 6.54. The Morgan fingerprint density at radius 3 is 2.67 bits per heavy atom. The summed E-state index contributed by atoms with van der Waals surface area (Å²) in [6, 6.07) is 3.10. The Hall–Kier alpha value is -2.78. The number of ether oxygens (including phenoxy) is 2. The van der Waals surface area contributed by atoms with E-state index in [1.807, 2.05) is 6.07 Å². The molecule has 0 aliphatic carbocycles. The first-order valence-electron chi connectivity index (χ1n) is 11.0. The highest BCUT2D eigenvalue weighted by atomic mass is 35.5. The van der Waals surface area contributed by atoms with Crippen LogP contribution < -0.4 is 5.32 Å². The Morgan fingerprint density at radius 2 is 1.97 bits per heavy atom. The van der Waals surface area contributed by atoms with Gasteiger partial charge < -0.3 is 19.7 Å². The average molecular weight is 474 g/mol. The second-order valence-electron chi connectivity index (χ2n) is 9.27. The first kappa shape index (κ1) is 23.4. The monoisotopic (exact) mass is 473 g/mol. The SMILES string of the molecule is C[C@H](C(=O)OC(C)(C)C)N1Cc2ccc(-c3nc(NC4CCOCC4)ncc3Cl)nc2C1=O. The lowest BCUT2D eigenvalue weighted by Crippen LogP contribution is -2.42. The average Bonchev–Trinajstić information content (AvgIpc) is 3.10. The fraction of sp³-hybridized carbons (Fsp3) is 0.522. The molecule has 0 saturated carbocycles. The van der Waals surface area contributed by atoms with Crippen molar-refractivity contribution in [2.24, 2.45) is 0 Å². The van der Waals surface area contributed by atoms with Gasteiger partial charge in [-0.25, -0.2) is 19.7 Å². The fourth-order valence-electron chi connectivity index (χ4n) is 3.79. The van der Waals surface area contributed by atoms with Gasteiger partial charge in [-0.1, -0.05) is 17.7 Å². The van der Waals surface area contributed by atoms with Crippen molar-refractivity contribution in [3.05, 3.63) is 34.6 Å². The Bertz CT molecular complexity index is 1070. The molecule has 1 saturated heterocycles. The van der Waals surface area contributed by atoms with Crippen LogP contribution in [0, 0.1) is 0 Å². The van der Waals surface area contributed by atoms with E-state index in [1.54, 1.807) is 33.8 Å². The van der Waals surface area contributed by atoms with E-state index >= 15 is 0 Å². The summed E-state index contributed by atoms with van der Waals surface area (Å²) in [4.78, 5) is 40.4. The summed E-state index contributed by atoms with van der Waals surface area (Å²) in [5, 5.41) is 3.65. The van der Waals surface area contributed by atoms with Gasteiger partial charge in [0.05, 0.1) is 16.9 Å². The first-order chi connectivity index (χ1) is 15.6. The van der Waals surface area contributed by atoms with Gasteiger partial charge >= 0.3 is 5.97 Å². The van der Waals surface area contributed by atoms with Crippen molar-refractivity contribution < 1.29 is 19.1 Å². The van der Waals surface area contributed by atoms with E-state index in [-0.39, 0.29) is 24.2 Å². The van der Waals surface area contributed by atoms with Gasteiger partial charge in [0.25, 0.3) is 5.91 Å². The third-order valence-electron chi connectivity index (χ3n) is 5.54. The molecule has 9 nitrogen and oxygen atoms in total. The summed E-state index contributed by atoms with van der Waals surface area (Å²) < 4.78 is 10.8. The number of rotatable bonds is 5. The summed E-state index contributed by atoms with van der Waals surface area (Å²) in [6.45, 7) is 8.73. The van der Waals surface area contributed by atoms with Crippen LogP contribution in [-0.4, -0.2) is 62.6 Å². The molecule has 2 aliphatic heterocycles. The molecule has 10 heteroatoms. The molecule has 4 rings (SSSR count). The number of nitrogens with zero attached hydrogens (tertiary/aromatic N) is 4. The molecule has 176 valence electrons. The number of anilines is 1. The van der Waals surface area contributed by atoms with Crippen LogP contribution in [0.4, 0.5) is 5.95 Å². The number of halogens is 1. The molecule has 0 spiro atoms. The van der Waals surface area contributed by atoms with Crippen molar-refractivity contribution in [2.45, 2.75) is 64.8 Å². The third-order valence-corrected chi connectivity index (χ3v) is 5.82.